The molecule has 1 N–H and O–H groups in total. The van der Waals surface area contributed by atoms with E-state index in [0.717, 1.165) is 32.6 Å². The lowest BCUT2D eigenvalue weighted by atomic mass is 10.2. The first-order valence-corrected chi connectivity index (χ1v) is 7.48. The van der Waals surface area contributed by atoms with Crippen LogP contribution in [0, 0.1) is 6.92 Å². The van der Waals surface area contributed by atoms with Gasteiger partial charge in [0.25, 0.3) is 0 Å². The fraction of sp³-hybridized carbons (Fsp3) is 0.400. The predicted octanol–water partition coefficient (Wildman–Crippen LogP) is 3.41. The van der Waals surface area contributed by atoms with Crippen molar-refractivity contribution < 1.29 is 14.6 Å². The molecule has 4 nitrogen and oxygen atoms in total. The van der Waals surface area contributed by atoms with Crippen molar-refractivity contribution in [2.24, 2.45) is 0 Å². The lowest BCUT2D eigenvalue weighted by Gasteiger charge is -2.11. The number of hydrogen-bond acceptors (Lipinski definition) is 5. The summed E-state index contributed by atoms with van der Waals surface area (Å²) in [5.41, 5.74) is 1.71. The summed E-state index contributed by atoms with van der Waals surface area (Å²) in [5.74, 6) is 1.47. The number of aromatic nitrogens is 1. The smallest absolute Gasteiger partial charge is 0.161 e. The van der Waals surface area contributed by atoms with Crippen molar-refractivity contribution in [3.63, 3.8) is 0 Å². The summed E-state index contributed by atoms with van der Waals surface area (Å²) >= 11 is 1.57. The number of aryl methyl sites for hydroxylation is 1. The van der Waals surface area contributed by atoms with Crippen LogP contribution in [0.2, 0.25) is 0 Å². The van der Waals surface area contributed by atoms with Crippen molar-refractivity contribution in [1.29, 1.82) is 0 Å². The molecule has 0 saturated heterocycles. The Balaban J connectivity index is 2.38. The van der Waals surface area contributed by atoms with E-state index in [0.29, 0.717) is 13.2 Å². The van der Waals surface area contributed by atoms with Crippen molar-refractivity contribution in [3.05, 3.63) is 28.8 Å². The Hall–Kier alpha value is -1.59. The minimum absolute atomic E-state index is 0.0301. The number of hydrogen-bond donors (Lipinski definition) is 1. The van der Waals surface area contributed by atoms with Gasteiger partial charge in [0.15, 0.2) is 11.5 Å². The van der Waals surface area contributed by atoms with Gasteiger partial charge in [-0.15, -0.1) is 11.3 Å². The van der Waals surface area contributed by atoms with Crippen molar-refractivity contribution >= 4 is 11.3 Å². The second-order valence-corrected chi connectivity index (χ2v) is 5.41. The van der Waals surface area contributed by atoms with E-state index < -0.39 is 0 Å². The average molecular weight is 293 g/mol. The van der Waals surface area contributed by atoms with Gasteiger partial charge in [0.05, 0.1) is 25.5 Å². The molecule has 0 atom stereocenters. The average Bonchev–Trinajstić information content (AvgIpc) is 2.82. The minimum atomic E-state index is -0.0301. The number of rotatable bonds is 6. The van der Waals surface area contributed by atoms with Crippen LogP contribution in [0.1, 0.15) is 24.4 Å². The second-order valence-electron chi connectivity index (χ2n) is 4.21. The van der Waals surface area contributed by atoms with E-state index in [2.05, 4.69) is 4.98 Å². The number of thiazole rings is 1. The molecular formula is C15H19NO3S. The maximum Gasteiger partial charge on any atom is 0.161 e. The summed E-state index contributed by atoms with van der Waals surface area (Å²) in [4.78, 5) is 5.48. The summed E-state index contributed by atoms with van der Waals surface area (Å²) in [6.07, 6.45) is 0. The first kappa shape index (κ1) is 14.8. The van der Waals surface area contributed by atoms with E-state index in [4.69, 9.17) is 9.47 Å². The maximum atomic E-state index is 9.23. The van der Waals surface area contributed by atoms with Gasteiger partial charge in [-0.1, -0.05) is 0 Å². The van der Waals surface area contributed by atoms with Crippen LogP contribution in [0.5, 0.6) is 11.5 Å². The number of nitrogens with zero attached hydrogens (tertiary/aromatic N) is 1. The van der Waals surface area contributed by atoms with E-state index in [-0.39, 0.29) is 6.61 Å². The van der Waals surface area contributed by atoms with Gasteiger partial charge in [0.2, 0.25) is 0 Å². The van der Waals surface area contributed by atoms with Crippen LogP contribution in [0.25, 0.3) is 10.6 Å². The van der Waals surface area contributed by atoms with Crippen molar-refractivity contribution in [3.8, 4) is 22.1 Å². The molecule has 20 heavy (non-hydrogen) atoms. The van der Waals surface area contributed by atoms with E-state index >= 15 is 0 Å². The van der Waals surface area contributed by atoms with Crippen LogP contribution < -0.4 is 9.47 Å². The van der Waals surface area contributed by atoms with Crippen LogP contribution in [0.15, 0.2) is 18.2 Å². The summed E-state index contributed by atoms with van der Waals surface area (Å²) < 4.78 is 11.2. The lowest BCUT2D eigenvalue weighted by Crippen LogP contribution is -1.98. The Bertz CT molecular complexity index is 580. The fourth-order valence-corrected chi connectivity index (χ4v) is 2.80. The minimum Gasteiger partial charge on any atom is -0.490 e. The van der Waals surface area contributed by atoms with Gasteiger partial charge in [0.1, 0.15) is 5.01 Å². The highest BCUT2D eigenvalue weighted by Crippen LogP contribution is 2.35. The highest BCUT2D eigenvalue weighted by atomic mass is 32.1. The van der Waals surface area contributed by atoms with E-state index in [1.54, 1.807) is 11.3 Å². The second kappa shape index (κ2) is 6.72. The number of aliphatic hydroxyl groups excluding tert-OH is 1. The van der Waals surface area contributed by atoms with Gasteiger partial charge in [0, 0.05) is 10.4 Å². The van der Waals surface area contributed by atoms with Gasteiger partial charge in [-0.05, 0) is 39.0 Å². The number of aliphatic hydroxyl groups is 1. The monoisotopic (exact) mass is 293 g/mol. The number of ether oxygens (including phenoxy) is 2. The molecule has 0 saturated carbocycles. The molecule has 5 heteroatoms. The molecule has 2 aromatic rings. The molecule has 0 fully saturated rings. The Morgan fingerprint density at radius 1 is 1.15 bits per heavy atom. The zero-order valence-electron chi connectivity index (χ0n) is 12.0. The van der Waals surface area contributed by atoms with Gasteiger partial charge in [-0.2, -0.15) is 0 Å². The molecule has 1 heterocycles. The summed E-state index contributed by atoms with van der Waals surface area (Å²) in [5, 5.41) is 10.1. The third kappa shape index (κ3) is 3.11. The van der Waals surface area contributed by atoms with E-state index in [1.807, 2.05) is 39.0 Å². The number of benzene rings is 1. The molecule has 0 aliphatic rings. The first-order chi connectivity index (χ1) is 9.69. The van der Waals surface area contributed by atoms with Gasteiger partial charge in [-0.25, -0.2) is 4.98 Å². The summed E-state index contributed by atoms with van der Waals surface area (Å²) in [6.45, 7) is 7.01. The molecule has 1 aromatic heterocycles. The van der Waals surface area contributed by atoms with Crippen molar-refractivity contribution in [2.45, 2.75) is 27.4 Å². The largest absolute Gasteiger partial charge is 0.490 e. The third-order valence-corrected chi connectivity index (χ3v) is 3.89. The molecule has 0 spiro atoms. The van der Waals surface area contributed by atoms with Gasteiger partial charge in [-0.3, -0.25) is 0 Å². The molecule has 1 aromatic carbocycles. The lowest BCUT2D eigenvalue weighted by molar-refractivity contribution is 0.277. The molecule has 0 radical (unpaired) electrons. The molecule has 0 unspecified atom stereocenters. The Morgan fingerprint density at radius 3 is 2.45 bits per heavy atom. The molecule has 108 valence electrons. The topological polar surface area (TPSA) is 51.6 Å². The predicted molar refractivity (Wildman–Crippen MR) is 80.5 cm³/mol. The Morgan fingerprint density at radius 2 is 1.85 bits per heavy atom. The van der Waals surface area contributed by atoms with Crippen LogP contribution in [0.4, 0.5) is 0 Å². The molecule has 0 aliphatic heterocycles. The molecular weight excluding hydrogens is 274 g/mol. The van der Waals surface area contributed by atoms with Crippen LogP contribution in [0.3, 0.4) is 0 Å². The molecule has 2 rings (SSSR count). The van der Waals surface area contributed by atoms with Crippen molar-refractivity contribution in [2.75, 3.05) is 13.2 Å². The maximum absolute atomic E-state index is 9.23. The zero-order valence-corrected chi connectivity index (χ0v) is 12.8. The van der Waals surface area contributed by atoms with E-state index in [1.165, 1.54) is 0 Å². The fourth-order valence-electron chi connectivity index (χ4n) is 1.88. The SMILES string of the molecule is CCOc1ccc(-c2nc(CO)c(C)s2)cc1OCC. The highest BCUT2D eigenvalue weighted by molar-refractivity contribution is 7.15. The normalized spacial score (nSPS) is 10.6. The summed E-state index contributed by atoms with van der Waals surface area (Å²) in [7, 11) is 0. The van der Waals surface area contributed by atoms with Gasteiger partial charge >= 0.3 is 0 Å². The Labute approximate surface area is 123 Å². The van der Waals surface area contributed by atoms with Crippen molar-refractivity contribution in [1.82, 2.24) is 4.98 Å². The van der Waals surface area contributed by atoms with Crippen LogP contribution >= 0.6 is 11.3 Å². The molecule has 0 aliphatic carbocycles. The zero-order chi connectivity index (χ0) is 14.5. The van der Waals surface area contributed by atoms with Crippen LogP contribution in [-0.4, -0.2) is 23.3 Å². The highest BCUT2D eigenvalue weighted by Gasteiger charge is 2.12. The van der Waals surface area contributed by atoms with E-state index in [9.17, 15) is 5.11 Å². The standard InChI is InChI=1S/C15H19NO3S/c1-4-18-13-7-6-11(8-14(13)19-5-2)15-16-12(9-17)10(3)20-15/h6-8,17H,4-5,9H2,1-3H3. The quantitative estimate of drug-likeness (QED) is 0.886. The first-order valence-electron chi connectivity index (χ1n) is 6.66. The third-order valence-electron chi connectivity index (χ3n) is 2.83. The summed E-state index contributed by atoms with van der Waals surface area (Å²) in [6, 6.07) is 5.81. The molecule has 0 amide bonds. The molecule has 0 bridgehead atoms. The van der Waals surface area contributed by atoms with Crippen LogP contribution in [-0.2, 0) is 6.61 Å². The Kier molecular flexibility index (Phi) is 4.98. The van der Waals surface area contributed by atoms with Gasteiger partial charge < -0.3 is 14.6 Å².